The lowest BCUT2D eigenvalue weighted by atomic mass is 10.2. The van der Waals surface area contributed by atoms with Gasteiger partial charge in [0.15, 0.2) is 5.69 Å². The number of nitriles is 1. The molecule has 0 amide bonds. The number of methoxy groups -OCH3 is 1. The molecule has 0 radical (unpaired) electrons. The van der Waals surface area contributed by atoms with Crippen LogP contribution < -0.4 is 15.2 Å². The van der Waals surface area contributed by atoms with Crippen molar-refractivity contribution in [3.8, 4) is 23.3 Å². The summed E-state index contributed by atoms with van der Waals surface area (Å²) in [6, 6.07) is 16.8. The highest BCUT2D eigenvalue weighted by atomic mass is 16.5. The predicted octanol–water partition coefficient (Wildman–Crippen LogP) is 3.70. The zero-order valence-electron chi connectivity index (χ0n) is 16.2. The Hall–Kier alpha value is -3.92. The summed E-state index contributed by atoms with van der Waals surface area (Å²) in [6.45, 7) is 2.87. The van der Waals surface area contributed by atoms with Gasteiger partial charge in [-0.05, 0) is 48.9 Å². The quantitative estimate of drug-likeness (QED) is 0.617. The van der Waals surface area contributed by atoms with Crippen LogP contribution in [0.5, 0.6) is 11.5 Å². The molecule has 3 rings (SSSR count). The summed E-state index contributed by atoms with van der Waals surface area (Å²) in [5.74, 6) is 0.891. The number of esters is 1. The van der Waals surface area contributed by atoms with Crippen molar-refractivity contribution < 1.29 is 19.0 Å². The molecule has 0 aliphatic rings. The van der Waals surface area contributed by atoms with Gasteiger partial charge in [-0.1, -0.05) is 12.1 Å². The minimum Gasteiger partial charge on any atom is -0.494 e. The van der Waals surface area contributed by atoms with Gasteiger partial charge in [-0.15, -0.1) is 0 Å². The van der Waals surface area contributed by atoms with Crippen molar-refractivity contribution in [3.63, 3.8) is 0 Å². The summed E-state index contributed by atoms with van der Waals surface area (Å²) in [4.78, 5) is 12.2. The topological polar surface area (TPSA) is 99.5 Å². The Morgan fingerprint density at radius 1 is 1.14 bits per heavy atom. The number of benzene rings is 2. The zero-order chi connectivity index (χ0) is 20.8. The van der Waals surface area contributed by atoms with E-state index in [4.69, 9.17) is 19.9 Å². The van der Waals surface area contributed by atoms with Crippen LogP contribution in [0.1, 0.15) is 28.5 Å². The molecule has 3 aromatic rings. The first-order valence-electron chi connectivity index (χ1n) is 9.01. The Labute approximate surface area is 168 Å². The highest BCUT2D eigenvalue weighted by Crippen LogP contribution is 2.25. The number of aromatic nitrogens is 1. The van der Waals surface area contributed by atoms with Crippen LogP contribution >= 0.6 is 0 Å². The van der Waals surface area contributed by atoms with E-state index in [-0.39, 0.29) is 16.9 Å². The molecule has 0 saturated heterocycles. The summed E-state index contributed by atoms with van der Waals surface area (Å²) < 4.78 is 17.6. The third kappa shape index (κ3) is 4.33. The van der Waals surface area contributed by atoms with Crippen LogP contribution in [0, 0.1) is 11.3 Å². The molecule has 29 heavy (non-hydrogen) atoms. The maximum absolute atomic E-state index is 12.2. The van der Waals surface area contributed by atoms with Crippen molar-refractivity contribution in [2.24, 2.45) is 0 Å². The summed E-state index contributed by atoms with van der Waals surface area (Å²) in [5.41, 5.74) is 7.94. The van der Waals surface area contributed by atoms with Crippen LogP contribution in [-0.2, 0) is 11.3 Å². The maximum atomic E-state index is 12.2. The fraction of sp³-hybridized carbons (Fsp3) is 0.182. The Bertz CT molecular complexity index is 1050. The van der Waals surface area contributed by atoms with Gasteiger partial charge in [0.05, 0.1) is 25.0 Å². The molecule has 148 valence electrons. The Kier molecular flexibility index (Phi) is 6.05. The summed E-state index contributed by atoms with van der Waals surface area (Å²) in [6.07, 6.45) is 1.52. The number of nitrogen functional groups attached to an aromatic ring is 1. The summed E-state index contributed by atoms with van der Waals surface area (Å²) >= 11 is 0. The Morgan fingerprint density at radius 2 is 1.83 bits per heavy atom. The van der Waals surface area contributed by atoms with E-state index in [0.717, 1.165) is 11.3 Å². The van der Waals surface area contributed by atoms with Gasteiger partial charge >= 0.3 is 5.97 Å². The molecule has 0 fully saturated rings. The van der Waals surface area contributed by atoms with Gasteiger partial charge in [0.2, 0.25) is 0 Å². The van der Waals surface area contributed by atoms with Crippen molar-refractivity contribution in [1.82, 2.24) is 4.57 Å². The summed E-state index contributed by atoms with van der Waals surface area (Å²) in [5, 5.41) is 9.25. The van der Waals surface area contributed by atoms with Crippen molar-refractivity contribution in [1.29, 1.82) is 5.26 Å². The maximum Gasteiger partial charge on any atom is 0.357 e. The van der Waals surface area contributed by atoms with Crippen LogP contribution in [0.3, 0.4) is 0 Å². The van der Waals surface area contributed by atoms with E-state index in [0.29, 0.717) is 24.7 Å². The monoisotopic (exact) mass is 391 g/mol. The number of nitrogens with two attached hydrogens (primary N) is 1. The highest BCUT2D eigenvalue weighted by Gasteiger charge is 2.21. The van der Waals surface area contributed by atoms with E-state index >= 15 is 0 Å². The van der Waals surface area contributed by atoms with Crippen molar-refractivity contribution >= 4 is 11.7 Å². The Balaban J connectivity index is 1.83. The number of hydrogen-bond donors (Lipinski definition) is 1. The molecule has 0 spiro atoms. The van der Waals surface area contributed by atoms with E-state index in [2.05, 4.69) is 0 Å². The molecule has 0 aliphatic carbocycles. The van der Waals surface area contributed by atoms with Gasteiger partial charge in [-0.25, -0.2) is 4.79 Å². The smallest absolute Gasteiger partial charge is 0.357 e. The van der Waals surface area contributed by atoms with E-state index in [9.17, 15) is 10.1 Å². The fourth-order valence-corrected chi connectivity index (χ4v) is 2.88. The standard InChI is InChI=1S/C22H21N3O4/c1-3-28-18-7-9-19(10-8-18)29-14-15-5-4-6-17(11-15)25-13-16(12-23)20(24)21(25)22(26)27-2/h4-11,13H,3,14,24H2,1-2H3. The first-order chi connectivity index (χ1) is 14.1. The first-order valence-corrected chi connectivity index (χ1v) is 9.01. The number of carbonyl (C=O) groups excluding carboxylic acids is 1. The fourth-order valence-electron chi connectivity index (χ4n) is 2.88. The van der Waals surface area contributed by atoms with Crippen molar-refractivity contribution in [2.45, 2.75) is 13.5 Å². The average molecular weight is 391 g/mol. The molecular weight excluding hydrogens is 370 g/mol. The molecule has 0 atom stereocenters. The van der Waals surface area contributed by atoms with Crippen molar-refractivity contribution in [2.75, 3.05) is 19.5 Å². The second kappa shape index (κ2) is 8.85. The minimum atomic E-state index is -0.611. The predicted molar refractivity (Wildman–Crippen MR) is 108 cm³/mol. The first kappa shape index (κ1) is 19.8. The molecule has 1 aromatic heterocycles. The average Bonchev–Trinajstić information content (AvgIpc) is 3.09. The molecule has 0 unspecified atom stereocenters. The van der Waals surface area contributed by atoms with Gasteiger partial charge < -0.3 is 24.5 Å². The van der Waals surface area contributed by atoms with E-state index < -0.39 is 5.97 Å². The SMILES string of the molecule is CCOc1ccc(OCc2cccc(-n3cc(C#N)c(N)c3C(=O)OC)c2)cc1. The lowest BCUT2D eigenvalue weighted by molar-refractivity contribution is 0.0593. The largest absolute Gasteiger partial charge is 0.494 e. The number of nitrogens with zero attached hydrogens (tertiary/aromatic N) is 2. The number of carbonyl (C=O) groups is 1. The van der Waals surface area contributed by atoms with Crippen molar-refractivity contribution in [3.05, 3.63) is 71.5 Å². The van der Waals surface area contributed by atoms with E-state index in [1.807, 2.05) is 61.5 Å². The van der Waals surface area contributed by atoms with Gasteiger partial charge in [-0.3, -0.25) is 0 Å². The number of rotatable bonds is 7. The van der Waals surface area contributed by atoms with Crippen LogP contribution in [0.4, 0.5) is 5.69 Å². The molecule has 7 heteroatoms. The molecule has 2 N–H and O–H groups in total. The zero-order valence-corrected chi connectivity index (χ0v) is 16.2. The normalized spacial score (nSPS) is 10.2. The van der Waals surface area contributed by atoms with Crippen LogP contribution in [0.15, 0.2) is 54.7 Å². The molecular formula is C22H21N3O4. The second-order valence-electron chi connectivity index (χ2n) is 6.14. The van der Waals surface area contributed by atoms with Crippen LogP contribution in [0.25, 0.3) is 5.69 Å². The lowest BCUT2D eigenvalue weighted by Gasteiger charge is -2.11. The molecule has 7 nitrogen and oxygen atoms in total. The number of ether oxygens (including phenoxy) is 3. The number of hydrogen-bond acceptors (Lipinski definition) is 6. The molecule has 2 aromatic carbocycles. The van der Waals surface area contributed by atoms with Gasteiger partial charge in [0, 0.05) is 11.9 Å². The van der Waals surface area contributed by atoms with E-state index in [1.54, 1.807) is 4.57 Å². The third-order valence-corrected chi connectivity index (χ3v) is 4.27. The Morgan fingerprint density at radius 3 is 2.45 bits per heavy atom. The lowest BCUT2D eigenvalue weighted by Crippen LogP contribution is -2.11. The van der Waals surface area contributed by atoms with Gasteiger partial charge in [-0.2, -0.15) is 5.26 Å². The third-order valence-electron chi connectivity index (χ3n) is 4.27. The van der Waals surface area contributed by atoms with Gasteiger partial charge in [0.25, 0.3) is 0 Å². The van der Waals surface area contributed by atoms with Crippen LogP contribution in [0.2, 0.25) is 0 Å². The molecule has 0 aliphatic heterocycles. The van der Waals surface area contributed by atoms with Gasteiger partial charge in [0.1, 0.15) is 24.2 Å². The molecule has 0 bridgehead atoms. The van der Waals surface area contributed by atoms with Crippen LogP contribution in [-0.4, -0.2) is 24.3 Å². The molecule has 0 saturated carbocycles. The summed E-state index contributed by atoms with van der Waals surface area (Å²) in [7, 11) is 1.27. The highest BCUT2D eigenvalue weighted by molar-refractivity contribution is 5.95. The number of anilines is 1. The second-order valence-corrected chi connectivity index (χ2v) is 6.14. The minimum absolute atomic E-state index is 0.0930. The molecule has 1 heterocycles. The van der Waals surface area contributed by atoms with E-state index in [1.165, 1.54) is 13.3 Å².